The summed E-state index contributed by atoms with van der Waals surface area (Å²) in [5, 5.41) is 11.1. The van der Waals surface area contributed by atoms with E-state index >= 15 is 0 Å². The van der Waals surface area contributed by atoms with E-state index in [0.29, 0.717) is 23.9 Å². The van der Waals surface area contributed by atoms with Crippen molar-refractivity contribution in [2.75, 3.05) is 0 Å². The first-order valence-electron chi connectivity index (χ1n) is 6.59. The van der Waals surface area contributed by atoms with Gasteiger partial charge in [0.2, 0.25) is 0 Å². The fourth-order valence-corrected chi connectivity index (χ4v) is 3.58. The molecule has 1 heterocycles. The van der Waals surface area contributed by atoms with Crippen LogP contribution in [0, 0.1) is 5.92 Å². The van der Waals surface area contributed by atoms with E-state index in [2.05, 4.69) is 29.9 Å². The van der Waals surface area contributed by atoms with E-state index < -0.39 is 0 Å². The minimum atomic E-state index is -0.234. The van der Waals surface area contributed by atoms with Crippen molar-refractivity contribution in [3.05, 3.63) is 34.9 Å². The van der Waals surface area contributed by atoms with Gasteiger partial charge < -0.3 is 5.11 Å². The van der Waals surface area contributed by atoms with Crippen molar-refractivity contribution in [2.45, 2.75) is 43.9 Å². The van der Waals surface area contributed by atoms with Crippen LogP contribution in [0.3, 0.4) is 0 Å². The standard InChI is InChI=1S/C14H19ClN2O/c1-8-14-12(17-16-8)6-10(7-13(14)18)9-2-4-11(15)5-3-9/h2-5,8,10,12-14,16-18H,6-7H2,1H3. The molecule has 18 heavy (non-hydrogen) atoms. The van der Waals surface area contributed by atoms with Crippen molar-refractivity contribution < 1.29 is 5.11 Å². The highest BCUT2D eigenvalue weighted by molar-refractivity contribution is 6.30. The first-order chi connectivity index (χ1) is 8.65. The molecule has 1 aliphatic heterocycles. The Morgan fingerprint density at radius 3 is 2.61 bits per heavy atom. The van der Waals surface area contributed by atoms with Crippen LogP contribution in [0.4, 0.5) is 0 Å². The molecule has 2 aliphatic rings. The van der Waals surface area contributed by atoms with Gasteiger partial charge >= 0.3 is 0 Å². The Hall–Kier alpha value is -0.610. The van der Waals surface area contributed by atoms with Crippen molar-refractivity contribution in [3.8, 4) is 0 Å². The molecular weight excluding hydrogens is 248 g/mol. The summed E-state index contributed by atoms with van der Waals surface area (Å²) in [5.41, 5.74) is 7.83. The van der Waals surface area contributed by atoms with Crippen LogP contribution < -0.4 is 10.9 Å². The smallest absolute Gasteiger partial charge is 0.0605 e. The van der Waals surface area contributed by atoms with Gasteiger partial charge in [0.25, 0.3) is 0 Å². The Bertz CT molecular complexity index is 422. The van der Waals surface area contributed by atoms with Crippen LogP contribution in [0.15, 0.2) is 24.3 Å². The average molecular weight is 267 g/mol. The lowest BCUT2D eigenvalue weighted by atomic mass is 9.72. The van der Waals surface area contributed by atoms with E-state index in [4.69, 9.17) is 11.6 Å². The number of nitrogens with one attached hydrogen (secondary N) is 2. The van der Waals surface area contributed by atoms with Gasteiger partial charge in [-0.15, -0.1) is 0 Å². The lowest BCUT2D eigenvalue weighted by Gasteiger charge is -2.36. The zero-order valence-corrected chi connectivity index (χ0v) is 11.2. The molecule has 2 fully saturated rings. The van der Waals surface area contributed by atoms with Crippen LogP contribution in [0.25, 0.3) is 0 Å². The topological polar surface area (TPSA) is 44.3 Å². The number of hydrogen-bond donors (Lipinski definition) is 3. The lowest BCUT2D eigenvalue weighted by Crippen LogP contribution is -2.43. The van der Waals surface area contributed by atoms with Crippen LogP contribution in [-0.2, 0) is 0 Å². The molecule has 1 aromatic carbocycles. The maximum atomic E-state index is 10.3. The van der Waals surface area contributed by atoms with Crippen molar-refractivity contribution in [2.24, 2.45) is 5.92 Å². The summed E-state index contributed by atoms with van der Waals surface area (Å²) in [5.74, 6) is 0.742. The highest BCUT2D eigenvalue weighted by Crippen LogP contribution is 2.39. The van der Waals surface area contributed by atoms with E-state index in [0.717, 1.165) is 17.9 Å². The maximum Gasteiger partial charge on any atom is 0.0605 e. The number of aliphatic hydroxyl groups excluding tert-OH is 1. The molecule has 1 aromatic rings. The Balaban J connectivity index is 1.78. The summed E-state index contributed by atoms with van der Waals surface area (Å²) in [6.45, 7) is 2.13. The fourth-order valence-electron chi connectivity index (χ4n) is 3.46. The van der Waals surface area contributed by atoms with Crippen LogP contribution in [0.1, 0.15) is 31.2 Å². The summed E-state index contributed by atoms with van der Waals surface area (Å²) in [6, 6.07) is 8.72. The van der Waals surface area contributed by atoms with Crippen molar-refractivity contribution >= 4 is 11.6 Å². The highest BCUT2D eigenvalue weighted by Gasteiger charge is 2.43. The van der Waals surface area contributed by atoms with Crippen LogP contribution in [-0.4, -0.2) is 23.3 Å². The molecule has 0 spiro atoms. The van der Waals surface area contributed by atoms with E-state index in [1.165, 1.54) is 5.56 Å². The zero-order chi connectivity index (χ0) is 12.7. The van der Waals surface area contributed by atoms with Gasteiger partial charge in [-0.1, -0.05) is 23.7 Å². The second-order valence-electron chi connectivity index (χ2n) is 5.55. The molecule has 5 unspecified atom stereocenters. The van der Waals surface area contributed by atoms with E-state index in [9.17, 15) is 5.11 Å². The van der Waals surface area contributed by atoms with Crippen molar-refractivity contribution in [3.63, 3.8) is 0 Å². The summed E-state index contributed by atoms with van der Waals surface area (Å²) >= 11 is 5.92. The molecule has 0 radical (unpaired) electrons. The number of halogens is 1. The van der Waals surface area contributed by atoms with Crippen LogP contribution >= 0.6 is 11.6 Å². The molecule has 3 rings (SSSR count). The number of hydrogen-bond acceptors (Lipinski definition) is 3. The molecule has 0 amide bonds. The van der Waals surface area contributed by atoms with Gasteiger partial charge in [0, 0.05) is 23.0 Å². The van der Waals surface area contributed by atoms with Gasteiger partial charge in [-0.05, 0) is 43.4 Å². The first kappa shape index (κ1) is 12.4. The summed E-state index contributed by atoms with van der Waals surface area (Å²) < 4.78 is 0. The van der Waals surface area contributed by atoms with Gasteiger partial charge in [-0.2, -0.15) is 0 Å². The van der Waals surface area contributed by atoms with Gasteiger partial charge in [0.15, 0.2) is 0 Å². The van der Waals surface area contributed by atoms with E-state index in [1.54, 1.807) is 0 Å². The molecular formula is C14H19ClN2O. The summed E-state index contributed by atoms with van der Waals surface area (Å²) in [4.78, 5) is 0. The molecule has 0 bridgehead atoms. The normalized spacial score (nSPS) is 39.6. The number of benzene rings is 1. The monoisotopic (exact) mass is 266 g/mol. The first-order valence-corrected chi connectivity index (χ1v) is 6.97. The quantitative estimate of drug-likeness (QED) is 0.729. The molecule has 0 aromatic heterocycles. The fraction of sp³-hybridized carbons (Fsp3) is 0.571. The molecule has 5 atom stereocenters. The highest BCUT2D eigenvalue weighted by atomic mass is 35.5. The van der Waals surface area contributed by atoms with Crippen LogP contribution in [0.2, 0.25) is 5.02 Å². The van der Waals surface area contributed by atoms with Crippen LogP contribution in [0.5, 0.6) is 0 Å². The van der Waals surface area contributed by atoms with Gasteiger partial charge in [0.05, 0.1) is 6.10 Å². The summed E-state index contributed by atoms with van der Waals surface area (Å²) in [6.07, 6.45) is 1.68. The summed E-state index contributed by atoms with van der Waals surface area (Å²) in [7, 11) is 0. The molecule has 4 heteroatoms. The number of hydrazine groups is 1. The van der Waals surface area contributed by atoms with Crippen molar-refractivity contribution in [1.29, 1.82) is 0 Å². The van der Waals surface area contributed by atoms with Crippen molar-refractivity contribution in [1.82, 2.24) is 10.9 Å². The number of rotatable bonds is 1. The minimum Gasteiger partial charge on any atom is -0.393 e. The predicted octanol–water partition coefficient (Wildman–Crippen LogP) is 2.06. The molecule has 3 nitrogen and oxygen atoms in total. The van der Waals surface area contributed by atoms with Gasteiger partial charge in [-0.3, -0.25) is 10.9 Å². The molecule has 3 N–H and O–H groups in total. The third kappa shape index (κ3) is 2.16. The zero-order valence-electron chi connectivity index (χ0n) is 10.4. The molecule has 98 valence electrons. The predicted molar refractivity (Wildman–Crippen MR) is 72.4 cm³/mol. The SMILES string of the molecule is CC1NNC2CC(c3ccc(Cl)cc3)CC(O)C12. The van der Waals surface area contributed by atoms with Gasteiger partial charge in [-0.25, -0.2) is 0 Å². The van der Waals surface area contributed by atoms with E-state index in [-0.39, 0.29) is 6.10 Å². The lowest BCUT2D eigenvalue weighted by molar-refractivity contribution is 0.0498. The Morgan fingerprint density at radius 2 is 1.89 bits per heavy atom. The Kier molecular flexibility index (Phi) is 3.32. The third-order valence-corrected chi connectivity index (χ3v) is 4.64. The number of aliphatic hydroxyl groups is 1. The largest absolute Gasteiger partial charge is 0.393 e. The number of fused-ring (bicyclic) bond motifs is 1. The van der Waals surface area contributed by atoms with Gasteiger partial charge in [0.1, 0.15) is 0 Å². The maximum absolute atomic E-state index is 10.3. The molecule has 1 aliphatic carbocycles. The van der Waals surface area contributed by atoms with E-state index in [1.807, 2.05) is 12.1 Å². The third-order valence-electron chi connectivity index (χ3n) is 4.39. The minimum absolute atomic E-state index is 0.234. The Morgan fingerprint density at radius 1 is 1.17 bits per heavy atom. The second kappa shape index (κ2) is 4.82. The second-order valence-corrected chi connectivity index (χ2v) is 5.98. The molecule has 1 saturated carbocycles. The molecule has 1 saturated heterocycles. The average Bonchev–Trinajstić information content (AvgIpc) is 2.72. The Labute approximate surface area is 113 Å².